The number of benzene rings is 1. The molecule has 1 fully saturated rings. The van der Waals surface area contributed by atoms with Crippen molar-refractivity contribution in [3.63, 3.8) is 0 Å². The van der Waals surface area contributed by atoms with Crippen LogP contribution in [0.1, 0.15) is 19.3 Å². The summed E-state index contributed by atoms with van der Waals surface area (Å²) >= 11 is 6.08. The third-order valence-corrected chi connectivity index (χ3v) is 3.41. The minimum Gasteiger partial charge on any atom is -0.454 e. The molecule has 0 bridgehead atoms. The molecule has 1 aliphatic carbocycles. The van der Waals surface area contributed by atoms with Gasteiger partial charge >= 0.3 is 0 Å². The van der Waals surface area contributed by atoms with Gasteiger partial charge in [0.2, 0.25) is 12.7 Å². The van der Waals surface area contributed by atoms with E-state index in [2.05, 4.69) is 10.6 Å². The van der Waals surface area contributed by atoms with Gasteiger partial charge in [-0.25, -0.2) is 0 Å². The molecular formula is C13H15ClN2O3. The molecule has 1 aromatic rings. The summed E-state index contributed by atoms with van der Waals surface area (Å²) in [6, 6.07) is 3.96. The molecule has 1 heterocycles. The zero-order valence-corrected chi connectivity index (χ0v) is 11.1. The molecule has 0 radical (unpaired) electrons. The van der Waals surface area contributed by atoms with Crippen molar-refractivity contribution in [1.29, 1.82) is 0 Å². The molecule has 0 unspecified atom stereocenters. The second-order valence-electron chi connectivity index (χ2n) is 4.71. The summed E-state index contributed by atoms with van der Waals surface area (Å²) in [6.07, 6.45) is 2.87. The maximum absolute atomic E-state index is 11.8. The molecular weight excluding hydrogens is 268 g/mol. The summed E-state index contributed by atoms with van der Waals surface area (Å²) in [5.41, 5.74) is 0.558. The largest absolute Gasteiger partial charge is 0.454 e. The Bertz CT molecular complexity index is 503. The summed E-state index contributed by atoms with van der Waals surface area (Å²) in [5, 5.41) is 6.53. The summed E-state index contributed by atoms with van der Waals surface area (Å²) in [7, 11) is 0. The van der Waals surface area contributed by atoms with Crippen LogP contribution in [0.15, 0.2) is 12.1 Å². The van der Waals surface area contributed by atoms with E-state index in [4.69, 9.17) is 21.1 Å². The molecule has 0 atom stereocenters. The Hall–Kier alpha value is -1.46. The quantitative estimate of drug-likeness (QED) is 0.869. The lowest BCUT2D eigenvalue weighted by Gasteiger charge is -2.08. The summed E-state index contributed by atoms with van der Waals surface area (Å²) in [5.74, 6) is 1.16. The predicted molar refractivity (Wildman–Crippen MR) is 71.8 cm³/mol. The first-order valence-electron chi connectivity index (χ1n) is 6.35. The van der Waals surface area contributed by atoms with Gasteiger partial charge in [-0.2, -0.15) is 0 Å². The average Bonchev–Trinajstić information content (AvgIpc) is 3.08. The molecule has 1 aromatic carbocycles. The fourth-order valence-electron chi connectivity index (χ4n) is 1.90. The van der Waals surface area contributed by atoms with Crippen LogP contribution in [0.5, 0.6) is 11.5 Å². The summed E-state index contributed by atoms with van der Waals surface area (Å²) < 4.78 is 10.5. The van der Waals surface area contributed by atoms with Gasteiger partial charge in [-0.05, 0) is 12.8 Å². The molecule has 102 valence electrons. The van der Waals surface area contributed by atoms with Crippen LogP contribution in [-0.2, 0) is 4.79 Å². The number of ether oxygens (including phenoxy) is 2. The molecule has 5 nitrogen and oxygen atoms in total. The van der Waals surface area contributed by atoms with E-state index < -0.39 is 0 Å². The van der Waals surface area contributed by atoms with E-state index in [0.717, 1.165) is 0 Å². The normalized spacial score (nSPS) is 16.5. The van der Waals surface area contributed by atoms with Gasteiger partial charge in [0.05, 0.1) is 10.7 Å². The molecule has 2 N–H and O–H groups in total. The number of hydrogen-bond donors (Lipinski definition) is 2. The smallest absolute Gasteiger partial charge is 0.231 e. The van der Waals surface area contributed by atoms with E-state index >= 15 is 0 Å². The SMILES string of the molecule is O=C(CCNC1CC1)Nc1cc2c(cc1Cl)OCO2. The van der Waals surface area contributed by atoms with Crippen LogP contribution in [0.4, 0.5) is 5.69 Å². The standard InChI is InChI=1S/C13H15ClN2O3/c14-9-5-11-12(19-7-18-11)6-10(9)16-13(17)3-4-15-8-1-2-8/h5-6,8,15H,1-4,7H2,(H,16,17). The Morgan fingerprint density at radius 3 is 2.79 bits per heavy atom. The Labute approximate surface area is 116 Å². The summed E-state index contributed by atoms with van der Waals surface area (Å²) in [6.45, 7) is 0.882. The van der Waals surface area contributed by atoms with E-state index in [-0.39, 0.29) is 12.7 Å². The highest BCUT2D eigenvalue weighted by Crippen LogP contribution is 2.39. The van der Waals surface area contributed by atoms with Gasteiger partial charge < -0.3 is 20.1 Å². The first-order chi connectivity index (χ1) is 9.22. The molecule has 1 aliphatic heterocycles. The first-order valence-corrected chi connectivity index (χ1v) is 6.72. The van der Waals surface area contributed by atoms with Crippen LogP contribution in [0.3, 0.4) is 0 Å². The molecule has 0 saturated heterocycles. The van der Waals surface area contributed by atoms with Crippen molar-refractivity contribution in [1.82, 2.24) is 5.32 Å². The maximum Gasteiger partial charge on any atom is 0.231 e. The zero-order chi connectivity index (χ0) is 13.2. The fraction of sp³-hybridized carbons (Fsp3) is 0.462. The number of amides is 1. The number of hydrogen-bond acceptors (Lipinski definition) is 4. The highest BCUT2D eigenvalue weighted by molar-refractivity contribution is 6.34. The lowest BCUT2D eigenvalue weighted by Crippen LogP contribution is -2.23. The number of fused-ring (bicyclic) bond motifs is 1. The maximum atomic E-state index is 11.8. The lowest BCUT2D eigenvalue weighted by atomic mass is 10.2. The third-order valence-electron chi connectivity index (χ3n) is 3.10. The van der Waals surface area contributed by atoms with Crippen LogP contribution in [0.2, 0.25) is 5.02 Å². The van der Waals surface area contributed by atoms with Gasteiger partial charge in [-0.1, -0.05) is 11.6 Å². The molecule has 1 saturated carbocycles. The van der Waals surface area contributed by atoms with Crippen LogP contribution in [0, 0.1) is 0 Å². The van der Waals surface area contributed by atoms with Crippen LogP contribution >= 0.6 is 11.6 Å². The Morgan fingerprint density at radius 2 is 2.05 bits per heavy atom. The van der Waals surface area contributed by atoms with Gasteiger partial charge in [0.25, 0.3) is 0 Å². The van der Waals surface area contributed by atoms with E-state index in [1.54, 1.807) is 12.1 Å². The predicted octanol–water partition coefficient (Wildman–Crippen LogP) is 2.15. The average molecular weight is 283 g/mol. The molecule has 3 rings (SSSR count). The van der Waals surface area contributed by atoms with Gasteiger partial charge in [0.15, 0.2) is 11.5 Å². The topological polar surface area (TPSA) is 59.6 Å². The number of carbonyl (C=O) groups excluding carboxylic acids is 1. The zero-order valence-electron chi connectivity index (χ0n) is 10.4. The molecule has 1 amide bonds. The van der Waals surface area contributed by atoms with Gasteiger partial charge in [-0.15, -0.1) is 0 Å². The fourth-order valence-corrected chi connectivity index (χ4v) is 2.10. The van der Waals surface area contributed by atoms with Crippen molar-refractivity contribution in [2.24, 2.45) is 0 Å². The Kier molecular flexibility index (Phi) is 3.48. The summed E-state index contributed by atoms with van der Waals surface area (Å²) in [4.78, 5) is 11.8. The van der Waals surface area contributed by atoms with Crippen molar-refractivity contribution >= 4 is 23.2 Å². The van der Waals surface area contributed by atoms with Crippen molar-refractivity contribution in [3.05, 3.63) is 17.2 Å². The minimum atomic E-state index is -0.0612. The molecule has 0 spiro atoms. The van der Waals surface area contributed by atoms with Crippen molar-refractivity contribution < 1.29 is 14.3 Å². The van der Waals surface area contributed by atoms with E-state index in [1.165, 1.54) is 12.8 Å². The molecule has 19 heavy (non-hydrogen) atoms. The van der Waals surface area contributed by atoms with E-state index in [9.17, 15) is 4.79 Å². The van der Waals surface area contributed by atoms with Gasteiger partial charge in [0.1, 0.15) is 0 Å². The monoisotopic (exact) mass is 282 g/mol. The van der Waals surface area contributed by atoms with Crippen molar-refractivity contribution in [2.45, 2.75) is 25.3 Å². The number of carbonyl (C=O) groups is 1. The highest BCUT2D eigenvalue weighted by Gasteiger charge is 2.21. The highest BCUT2D eigenvalue weighted by atomic mass is 35.5. The molecule has 0 aromatic heterocycles. The molecule has 6 heteroatoms. The van der Waals surface area contributed by atoms with Crippen LogP contribution in [0.25, 0.3) is 0 Å². The number of nitrogens with one attached hydrogen (secondary N) is 2. The van der Waals surface area contributed by atoms with Crippen molar-refractivity contribution in [3.8, 4) is 11.5 Å². The second-order valence-corrected chi connectivity index (χ2v) is 5.12. The Balaban J connectivity index is 1.57. The first kappa shape index (κ1) is 12.6. The van der Waals surface area contributed by atoms with Crippen LogP contribution in [-0.4, -0.2) is 25.3 Å². The van der Waals surface area contributed by atoms with Crippen molar-refractivity contribution in [2.75, 3.05) is 18.7 Å². The van der Waals surface area contributed by atoms with E-state index in [0.29, 0.717) is 41.2 Å². The lowest BCUT2D eigenvalue weighted by molar-refractivity contribution is -0.116. The number of anilines is 1. The minimum absolute atomic E-state index is 0.0612. The molecule has 2 aliphatic rings. The van der Waals surface area contributed by atoms with Gasteiger partial charge in [-0.3, -0.25) is 4.79 Å². The van der Waals surface area contributed by atoms with Crippen LogP contribution < -0.4 is 20.1 Å². The Morgan fingerprint density at radius 1 is 1.32 bits per heavy atom. The van der Waals surface area contributed by atoms with Gasteiger partial charge in [0, 0.05) is 31.1 Å². The van der Waals surface area contributed by atoms with E-state index in [1.807, 2.05) is 0 Å². The third kappa shape index (κ3) is 3.11. The number of rotatable bonds is 5. The number of halogens is 1. The second kappa shape index (κ2) is 5.27.